The molecule has 1 aromatic carbocycles. The monoisotopic (exact) mass is 288 g/mol. The maximum atomic E-state index is 12.0. The Labute approximate surface area is 119 Å². The van der Waals surface area contributed by atoms with E-state index in [2.05, 4.69) is 10.5 Å². The number of phenols is 1. The molecule has 3 N–H and O–H groups in total. The molecule has 3 rings (SSSR count). The first kappa shape index (κ1) is 13.2. The van der Waals surface area contributed by atoms with Gasteiger partial charge in [0.25, 0.3) is 5.91 Å². The number of carboxylic acids is 1. The number of anilines is 1. The van der Waals surface area contributed by atoms with Crippen molar-refractivity contribution < 1.29 is 24.3 Å². The summed E-state index contributed by atoms with van der Waals surface area (Å²) in [5, 5.41) is 24.7. The lowest BCUT2D eigenvalue weighted by Gasteiger charge is -2.06. The number of carboxylic acid groups (broad SMARTS) is 1. The van der Waals surface area contributed by atoms with Crippen molar-refractivity contribution in [3.8, 4) is 5.75 Å². The van der Waals surface area contributed by atoms with Gasteiger partial charge in [-0.15, -0.1) is 0 Å². The maximum absolute atomic E-state index is 12.0. The first-order valence-corrected chi connectivity index (χ1v) is 6.39. The SMILES string of the molecule is O=C(O)c1ccc(O)c(NC(=O)c2cc(C3CC3)on2)c1. The molecule has 108 valence electrons. The van der Waals surface area contributed by atoms with E-state index in [-0.39, 0.29) is 22.7 Å². The van der Waals surface area contributed by atoms with Crippen LogP contribution >= 0.6 is 0 Å². The highest BCUT2D eigenvalue weighted by molar-refractivity contribution is 6.04. The number of aromatic hydroxyl groups is 1. The van der Waals surface area contributed by atoms with Gasteiger partial charge < -0.3 is 20.1 Å². The van der Waals surface area contributed by atoms with E-state index in [0.717, 1.165) is 12.8 Å². The summed E-state index contributed by atoms with van der Waals surface area (Å²) in [4.78, 5) is 22.9. The van der Waals surface area contributed by atoms with Gasteiger partial charge >= 0.3 is 5.97 Å². The molecule has 1 fully saturated rings. The molecular weight excluding hydrogens is 276 g/mol. The van der Waals surface area contributed by atoms with Gasteiger partial charge in [0.2, 0.25) is 0 Å². The summed E-state index contributed by atoms with van der Waals surface area (Å²) in [6.45, 7) is 0. The Morgan fingerprint density at radius 1 is 1.29 bits per heavy atom. The van der Waals surface area contributed by atoms with Crippen molar-refractivity contribution in [1.29, 1.82) is 0 Å². The number of aromatic carboxylic acids is 1. The van der Waals surface area contributed by atoms with E-state index in [9.17, 15) is 14.7 Å². The Kier molecular flexibility index (Phi) is 3.09. The molecule has 0 aliphatic heterocycles. The summed E-state index contributed by atoms with van der Waals surface area (Å²) in [7, 11) is 0. The number of carbonyl (C=O) groups excluding carboxylic acids is 1. The Morgan fingerprint density at radius 3 is 2.71 bits per heavy atom. The summed E-state index contributed by atoms with van der Waals surface area (Å²) in [5.74, 6) is -0.933. The van der Waals surface area contributed by atoms with Crippen LogP contribution in [0.4, 0.5) is 5.69 Å². The Balaban J connectivity index is 1.79. The number of aromatic nitrogens is 1. The molecule has 0 spiro atoms. The number of rotatable bonds is 4. The lowest BCUT2D eigenvalue weighted by molar-refractivity contribution is 0.0696. The summed E-state index contributed by atoms with van der Waals surface area (Å²) in [5.41, 5.74) is 0.0647. The van der Waals surface area contributed by atoms with Gasteiger partial charge in [0.15, 0.2) is 5.69 Å². The van der Waals surface area contributed by atoms with E-state index in [1.54, 1.807) is 6.07 Å². The van der Waals surface area contributed by atoms with Gasteiger partial charge in [-0.2, -0.15) is 0 Å². The molecule has 1 heterocycles. The second kappa shape index (κ2) is 4.93. The first-order valence-electron chi connectivity index (χ1n) is 6.39. The fraction of sp³-hybridized carbons (Fsp3) is 0.214. The molecule has 0 saturated heterocycles. The van der Waals surface area contributed by atoms with Gasteiger partial charge in [0.05, 0.1) is 11.3 Å². The molecule has 0 bridgehead atoms. The highest BCUT2D eigenvalue weighted by Crippen LogP contribution is 2.40. The third-order valence-corrected chi connectivity index (χ3v) is 3.23. The summed E-state index contributed by atoms with van der Waals surface area (Å²) in [6.07, 6.45) is 2.05. The molecular formula is C14H12N2O5. The van der Waals surface area contributed by atoms with E-state index in [1.165, 1.54) is 18.2 Å². The standard InChI is InChI=1S/C14H12N2O5/c17-11-4-3-8(14(19)20)5-9(11)15-13(18)10-6-12(21-16-10)7-1-2-7/h3-7,17H,1-2H2,(H,15,18)(H,19,20). The average molecular weight is 288 g/mol. The van der Waals surface area contributed by atoms with Crippen LogP contribution in [0.5, 0.6) is 5.75 Å². The Bertz CT molecular complexity index is 718. The molecule has 0 atom stereocenters. The predicted molar refractivity (Wildman–Crippen MR) is 71.5 cm³/mol. The average Bonchev–Trinajstić information content (AvgIpc) is 3.18. The van der Waals surface area contributed by atoms with Crippen molar-refractivity contribution in [2.24, 2.45) is 0 Å². The van der Waals surface area contributed by atoms with Crippen LogP contribution in [0.2, 0.25) is 0 Å². The fourth-order valence-corrected chi connectivity index (χ4v) is 1.91. The highest BCUT2D eigenvalue weighted by atomic mass is 16.5. The Morgan fingerprint density at radius 2 is 2.05 bits per heavy atom. The zero-order valence-electron chi connectivity index (χ0n) is 10.9. The lowest BCUT2D eigenvalue weighted by atomic mass is 10.2. The molecule has 7 heteroatoms. The fourth-order valence-electron chi connectivity index (χ4n) is 1.91. The summed E-state index contributed by atoms with van der Waals surface area (Å²) in [6, 6.07) is 5.19. The number of phenolic OH excluding ortho intramolecular Hbond substituents is 1. The van der Waals surface area contributed by atoms with Crippen LogP contribution in [-0.4, -0.2) is 27.2 Å². The minimum absolute atomic E-state index is 0.0101. The normalized spacial score (nSPS) is 13.9. The van der Waals surface area contributed by atoms with Gasteiger partial charge in [0.1, 0.15) is 11.5 Å². The number of benzene rings is 1. The van der Waals surface area contributed by atoms with E-state index < -0.39 is 11.9 Å². The number of nitrogens with one attached hydrogen (secondary N) is 1. The maximum Gasteiger partial charge on any atom is 0.335 e. The van der Waals surface area contributed by atoms with Gasteiger partial charge in [-0.05, 0) is 31.0 Å². The molecule has 1 aromatic heterocycles. The van der Waals surface area contributed by atoms with Crippen LogP contribution in [0.25, 0.3) is 0 Å². The molecule has 2 aromatic rings. The van der Waals surface area contributed by atoms with Crippen molar-refractivity contribution in [2.75, 3.05) is 5.32 Å². The van der Waals surface area contributed by atoms with E-state index in [1.807, 2.05) is 0 Å². The van der Waals surface area contributed by atoms with Crippen molar-refractivity contribution in [3.63, 3.8) is 0 Å². The van der Waals surface area contributed by atoms with Gasteiger partial charge in [-0.1, -0.05) is 5.16 Å². The molecule has 1 amide bonds. The quantitative estimate of drug-likeness (QED) is 0.743. The highest BCUT2D eigenvalue weighted by Gasteiger charge is 2.29. The number of amides is 1. The minimum atomic E-state index is -1.15. The molecule has 0 radical (unpaired) electrons. The zero-order valence-corrected chi connectivity index (χ0v) is 10.9. The number of hydrogen-bond donors (Lipinski definition) is 3. The van der Waals surface area contributed by atoms with Crippen LogP contribution in [0, 0.1) is 0 Å². The van der Waals surface area contributed by atoms with Crippen LogP contribution < -0.4 is 5.32 Å². The Hall–Kier alpha value is -2.83. The second-order valence-electron chi connectivity index (χ2n) is 4.88. The molecule has 1 aliphatic carbocycles. The van der Waals surface area contributed by atoms with E-state index in [4.69, 9.17) is 9.63 Å². The number of nitrogens with zero attached hydrogens (tertiary/aromatic N) is 1. The lowest BCUT2D eigenvalue weighted by Crippen LogP contribution is -2.13. The van der Waals surface area contributed by atoms with E-state index in [0.29, 0.717) is 11.7 Å². The number of hydrogen-bond acceptors (Lipinski definition) is 5. The van der Waals surface area contributed by atoms with Crippen LogP contribution in [-0.2, 0) is 0 Å². The topological polar surface area (TPSA) is 113 Å². The van der Waals surface area contributed by atoms with Crippen LogP contribution in [0.15, 0.2) is 28.8 Å². The predicted octanol–water partition coefficient (Wildman–Crippen LogP) is 2.21. The van der Waals surface area contributed by atoms with Gasteiger partial charge in [-0.3, -0.25) is 4.79 Å². The molecule has 21 heavy (non-hydrogen) atoms. The first-order chi connectivity index (χ1) is 10.0. The van der Waals surface area contributed by atoms with Crippen LogP contribution in [0.3, 0.4) is 0 Å². The third-order valence-electron chi connectivity index (χ3n) is 3.23. The van der Waals surface area contributed by atoms with Gasteiger partial charge in [0, 0.05) is 12.0 Å². The van der Waals surface area contributed by atoms with Crippen molar-refractivity contribution >= 4 is 17.6 Å². The second-order valence-corrected chi connectivity index (χ2v) is 4.88. The minimum Gasteiger partial charge on any atom is -0.506 e. The van der Waals surface area contributed by atoms with Crippen molar-refractivity contribution in [2.45, 2.75) is 18.8 Å². The summed E-state index contributed by atoms with van der Waals surface area (Å²) < 4.78 is 5.07. The largest absolute Gasteiger partial charge is 0.506 e. The smallest absolute Gasteiger partial charge is 0.335 e. The summed E-state index contributed by atoms with van der Waals surface area (Å²) >= 11 is 0. The van der Waals surface area contributed by atoms with Crippen LogP contribution in [0.1, 0.15) is 45.4 Å². The third kappa shape index (κ3) is 2.71. The molecule has 0 unspecified atom stereocenters. The number of carbonyl (C=O) groups is 2. The molecule has 7 nitrogen and oxygen atoms in total. The van der Waals surface area contributed by atoms with Crippen molar-refractivity contribution in [1.82, 2.24) is 5.16 Å². The zero-order chi connectivity index (χ0) is 15.0. The molecule has 1 aliphatic rings. The van der Waals surface area contributed by atoms with E-state index >= 15 is 0 Å². The van der Waals surface area contributed by atoms with Gasteiger partial charge in [-0.25, -0.2) is 4.79 Å². The molecule has 1 saturated carbocycles. The van der Waals surface area contributed by atoms with Crippen molar-refractivity contribution in [3.05, 3.63) is 41.3 Å².